The van der Waals surface area contributed by atoms with Gasteiger partial charge in [-0.05, 0) is 32.9 Å². The summed E-state index contributed by atoms with van der Waals surface area (Å²) in [5.74, 6) is -0.971. The molecule has 0 aliphatic carbocycles. The Morgan fingerprint density at radius 2 is 1.70 bits per heavy atom. The molecule has 0 saturated carbocycles. The van der Waals surface area contributed by atoms with Gasteiger partial charge in [0.25, 0.3) is 11.8 Å². The van der Waals surface area contributed by atoms with Gasteiger partial charge in [-0.15, -0.1) is 0 Å². The normalized spacial score (nSPS) is 13.7. The Morgan fingerprint density at radius 1 is 1.10 bits per heavy atom. The minimum atomic E-state index is -0.384. The van der Waals surface area contributed by atoms with E-state index in [1.807, 2.05) is 20.8 Å². The number of amides is 3. The van der Waals surface area contributed by atoms with E-state index in [1.165, 1.54) is 0 Å². The molecule has 0 aromatic heterocycles. The molecular weight excluding hydrogens is 256 g/mol. The number of fused-ring (bicyclic) bond motifs is 1. The minimum absolute atomic E-state index is 0.187. The van der Waals surface area contributed by atoms with Gasteiger partial charge in [-0.25, -0.2) is 0 Å². The maximum absolute atomic E-state index is 12.2. The standard InChI is InChI=1S/C15H18N2O3/c1-4-16(5-2)13(18)9-17-14(19)11-7-6-10(3)8-12(11)15(17)20/h6-8H,4-5,9H2,1-3H3. The highest BCUT2D eigenvalue weighted by Gasteiger charge is 2.37. The molecule has 1 aromatic rings. The van der Waals surface area contributed by atoms with Crippen LogP contribution in [0.3, 0.4) is 0 Å². The summed E-state index contributed by atoms with van der Waals surface area (Å²) in [6, 6.07) is 5.13. The summed E-state index contributed by atoms with van der Waals surface area (Å²) in [4.78, 5) is 39.1. The molecule has 20 heavy (non-hydrogen) atoms. The first-order chi connectivity index (χ1) is 9.49. The van der Waals surface area contributed by atoms with Crippen molar-refractivity contribution in [3.8, 4) is 0 Å². The van der Waals surface area contributed by atoms with Crippen molar-refractivity contribution in [1.29, 1.82) is 0 Å². The first-order valence-corrected chi connectivity index (χ1v) is 6.74. The summed E-state index contributed by atoms with van der Waals surface area (Å²) in [6.07, 6.45) is 0. The maximum Gasteiger partial charge on any atom is 0.262 e. The summed E-state index contributed by atoms with van der Waals surface area (Å²) < 4.78 is 0. The second-order valence-electron chi connectivity index (χ2n) is 4.81. The summed E-state index contributed by atoms with van der Waals surface area (Å²) in [6.45, 7) is 6.55. The second kappa shape index (κ2) is 5.45. The molecule has 0 saturated heterocycles. The number of hydrogen-bond acceptors (Lipinski definition) is 3. The van der Waals surface area contributed by atoms with Crippen LogP contribution in [0.5, 0.6) is 0 Å². The predicted molar refractivity (Wildman–Crippen MR) is 74.5 cm³/mol. The number of carbonyl (C=O) groups is 3. The zero-order valence-electron chi connectivity index (χ0n) is 12.0. The van der Waals surface area contributed by atoms with Crippen molar-refractivity contribution < 1.29 is 14.4 Å². The van der Waals surface area contributed by atoms with Crippen LogP contribution in [0.4, 0.5) is 0 Å². The molecular formula is C15H18N2O3. The number of nitrogens with zero attached hydrogens (tertiary/aromatic N) is 2. The van der Waals surface area contributed by atoms with Crippen LogP contribution in [0.2, 0.25) is 0 Å². The molecule has 1 heterocycles. The first-order valence-electron chi connectivity index (χ1n) is 6.74. The molecule has 0 spiro atoms. The van der Waals surface area contributed by atoms with Crippen molar-refractivity contribution in [3.05, 3.63) is 34.9 Å². The SMILES string of the molecule is CCN(CC)C(=O)CN1C(=O)c2ccc(C)cc2C1=O. The number of aryl methyl sites for hydroxylation is 1. The number of hydrogen-bond donors (Lipinski definition) is 0. The van der Waals surface area contributed by atoms with Crippen LogP contribution >= 0.6 is 0 Å². The maximum atomic E-state index is 12.2. The van der Waals surface area contributed by atoms with Gasteiger partial charge in [0.05, 0.1) is 11.1 Å². The third kappa shape index (κ3) is 2.31. The van der Waals surface area contributed by atoms with Crippen LogP contribution in [-0.4, -0.2) is 47.2 Å². The Hall–Kier alpha value is -2.17. The average molecular weight is 274 g/mol. The molecule has 1 aliphatic heterocycles. The predicted octanol–water partition coefficient (Wildman–Crippen LogP) is 1.46. The fourth-order valence-corrected chi connectivity index (χ4v) is 2.36. The van der Waals surface area contributed by atoms with Crippen LogP contribution in [0.15, 0.2) is 18.2 Å². The van der Waals surface area contributed by atoms with Gasteiger partial charge in [0, 0.05) is 13.1 Å². The molecule has 1 aliphatic rings. The van der Waals surface area contributed by atoms with Gasteiger partial charge in [0.1, 0.15) is 6.54 Å². The third-order valence-electron chi connectivity index (χ3n) is 3.54. The van der Waals surface area contributed by atoms with E-state index in [1.54, 1.807) is 23.1 Å². The lowest BCUT2D eigenvalue weighted by atomic mass is 10.1. The van der Waals surface area contributed by atoms with Crippen LogP contribution in [0, 0.1) is 6.92 Å². The van der Waals surface area contributed by atoms with Crippen LogP contribution in [0.1, 0.15) is 40.1 Å². The molecule has 0 N–H and O–H groups in total. The molecule has 5 heteroatoms. The van der Waals surface area contributed by atoms with Crippen LogP contribution in [0.25, 0.3) is 0 Å². The molecule has 0 bridgehead atoms. The summed E-state index contributed by atoms with van der Waals surface area (Å²) in [5, 5.41) is 0. The average Bonchev–Trinajstić information content (AvgIpc) is 2.65. The Bertz CT molecular complexity index is 576. The van der Waals surface area contributed by atoms with Crippen molar-refractivity contribution in [3.63, 3.8) is 0 Å². The van der Waals surface area contributed by atoms with Crippen molar-refractivity contribution in [2.24, 2.45) is 0 Å². The molecule has 0 fully saturated rings. The van der Waals surface area contributed by atoms with Crippen LogP contribution in [-0.2, 0) is 4.79 Å². The van der Waals surface area contributed by atoms with E-state index in [4.69, 9.17) is 0 Å². The fraction of sp³-hybridized carbons (Fsp3) is 0.400. The van der Waals surface area contributed by atoms with Gasteiger partial charge in [0.2, 0.25) is 5.91 Å². The van der Waals surface area contributed by atoms with Crippen molar-refractivity contribution in [2.45, 2.75) is 20.8 Å². The second-order valence-corrected chi connectivity index (χ2v) is 4.81. The fourth-order valence-electron chi connectivity index (χ4n) is 2.36. The van der Waals surface area contributed by atoms with Gasteiger partial charge < -0.3 is 4.90 Å². The Labute approximate surface area is 118 Å². The summed E-state index contributed by atoms with van der Waals surface area (Å²) >= 11 is 0. The highest BCUT2D eigenvalue weighted by Crippen LogP contribution is 2.23. The smallest absolute Gasteiger partial charge is 0.262 e. The topological polar surface area (TPSA) is 57.7 Å². The van der Waals surface area contributed by atoms with Gasteiger partial charge in [-0.2, -0.15) is 0 Å². The van der Waals surface area contributed by atoms with Gasteiger partial charge in [0.15, 0.2) is 0 Å². The largest absolute Gasteiger partial charge is 0.342 e. The lowest BCUT2D eigenvalue weighted by molar-refractivity contribution is -0.131. The molecule has 0 radical (unpaired) electrons. The van der Waals surface area contributed by atoms with Crippen molar-refractivity contribution >= 4 is 17.7 Å². The van der Waals surface area contributed by atoms with E-state index in [0.29, 0.717) is 24.2 Å². The van der Waals surface area contributed by atoms with E-state index in [2.05, 4.69) is 0 Å². The number of benzene rings is 1. The van der Waals surface area contributed by atoms with Gasteiger partial charge >= 0.3 is 0 Å². The Balaban J connectivity index is 2.23. The molecule has 1 aromatic carbocycles. The summed E-state index contributed by atoms with van der Waals surface area (Å²) in [7, 11) is 0. The Morgan fingerprint density at radius 3 is 2.30 bits per heavy atom. The number of imide groups is 1. The lowest BCUT2D eigenvalue weighted by Gasteiger charge is -2.21. The molecule has 2 rings (SSSR count). The minimum Gasteiger partial charge on any atom is -0.342 e. The quantitative estimate of drug-likeness (QED) is 0.781. The molecule has 0 unspecified atom stereocenters. The number of likely N-dealkylation sites (N-methyl/N-ethyl adjacent to an activating group) is 1. The molecule has 0 atom stereocenters. The van der Waals surface area contributed by atoms with E-state index in [-0.39, 0.29) is 24.3 Å². The summed E-state index contributed by atoms with van der Waals surface area (Å²) in [5.41, 5.74) is 1.69. The van der Waals surface area contributed by atoms with E-state index >= 15 is 0 Å². The first kappa shape index (κ1) is 14.2. The van der Waals surface area contributed by atoms with Gasteiger partial charge in [-0.3, -0.25) is 19.3 Å². The number of carbonyl (C=O) groups excluding carboxylic acids is 3. The molecule has 3 amide bonds. The van der Waals surface area contributed by atoms with E-state index in [9.17, 15) is 14.4 Å². The van der Waals surface area contributed by atoms with Crippen LogP contribution < -0.4 is 0 Å². The monoisotopic (exact) mass is 274 g/mol. The number of rotatable bonds is 4. The molecule has 106 valence electrons. The van der Waals surface area contributed by atoms with Crippen molar-refractivity contribution in [2.75, 3.05) is 19.6 Å². The zero-order chi connectivity index (χ0) is 14.9. The molecule has 5 nitrogen and oxygen atoms in total. The highest BCUT2D eigenvalue weighted by molar-refractivity contribution is 6.22. The zero-order valence-corrected chi connectivity index (χ0v) is 12.0. The third-order valence-corrected chi connectivity index (χ3v) is 3.54. The van der Waals surface area contributed by atoms with E-state index in [0.717, 1.165) is 10.5 Å². The lowest BCUT2D eigenvalue weighted by Crippen LogP contribution is -2.42. The van der Waals surface area contributed by atoms with Crippen molar-refractivity contribution in [1.82, 2.24) is 9.80 Å². The van der Waals surface area contributed by atoms with Gasteiger partial charge in [-0.1, -0.05) is 11.6 Å². The Kier molecular flexibility index (Phi) is 3.88. The van der Waals surface area contributed by atoms with E-state index < -0.39 is 0 Å². The highest BCUT2D eigenvalue weighted by atomic mass is 16.2.